The van der Waals surface area contributed by atoms with Crippen LogP contribution in [0, 0.1) is 0 Å². The Bertz CT molecular complexity index is 1140. The highest BCUT2D eigenvalue weighted by atomic mass is 32.2. The Hall–Kier alpha value is -3.58. The molecule has 0 atom stereocenters. The zero-order chi connectivity index (χ0) is 20.1. The van der Waals surface area contributed by atoms with Crippen LogP contribution in [-0.2, 0) is 10.0 Å². The van der Waals surface area contributed by atoms with Gasteiger partial charge in [0.05, 0.1) is 4.90 Å². The lowest BCUT2D eigenvalue weighted by molar-refractivity contribution is 0.104. The molecular weight excluding hydrogens is 378 g/mol. The van der Waals surface area contributed by atoms with Crippen LogP contribution in [0.25, 0.3) is 6.08 Å². The third-order valence-electron chi connectivity index (χ3n) is 3.84. The number of phenols is 2. The normalized spacial score (nSPS) is 11.4. The van der Waals surface area contributed by atoms with Gasteiger partial charge in [0.25, 0.3) is 10.0 Å². The van der Waals surface area contributed by atoms with Gasteiger partial charge in [-0.25, -0.2) is 8.42 Å². The minimum absolute atomic E-state index is 0.00851. The number of aromatic hydroxyl groups is 2. The summed E-state index contributed by atoms with van der Waals surface area (Å²) in [6.45, 7) is 0. The molecule has 0 unspecified atom stereocenters. The highest BCUT2D eigenvalue weighted by Crippen LogP contribution is 2.20. The van der Waals surface area contributed by atoms with Crippen LogP contribution < -0.4 is 4.72 Å². The number of hydrogen-bond donors (Lipinski definition) is 3. The Morgan fingerprint density at radius 1 is 0.857 bits per heavy atom. The highest BCUT2D eigenvalue weighted by Gasteiger charge is 2.14. The van der Waals surface area contributed by atoms with Crippen molar-refractivity contribution in [2.45, 2.75) is 4.90 Å². The molecular formula is C21H17NO5S. The number of rotatable bonds is 6. The predicted molar refractivity (Wildman–Crippen MR) is 107 cm³/mol. The molecule has 0 saturated carbocycles. The van der Waals surface area contributed by atoms with Gasteiger partial charge in [0.15, 0.2) is 5.78 Å². The van der Waals surface area contributed by atoms with E-state index in [1.165, 1.54) is 54.6 Å². The summed E-state index contributed by atoms with van der Waals surface area (Å²) in [6, 6.07) is 17.7. The van der Waals surface area contributed by atoms with Gasteiger partial charge in [-0.15, -0.1) is 0 Å². The van der Waals surface area contributed by atoms with Crippen molar-refractivity contribution in [3.8, 4) is 11.5 Å². The summed E-state index contributed by atoms with van der Waals surface area (Å²) >= 11 is 0. The second-order valence-electron chi connectivity index (χ2n) is 5.97. The number of allylic oxidation sites excluding steroid dienone is 1. The van der Waals surface area contributed by atoms with Gasteiger partial charge in [-0.2, -0.15) is 0 Å². The Morgan fingerprint density at radius 3 is 2.29 bits per heavy atom. The second-order valence-corrected chi connectivity index (χ2v) is 7.66. The summed E-state index contributed by atoms with van der Waals surface area (Å²) in [6.07, 6.45) is 2.91. The summed E-state index contributed by atoms with van der Waals surface area (Å²) in [5, 5.41) is 18.7. The molecule has 0 aliphatic rings. The topological polar surface area (TPSA) is 104 Å². The molecule has 7 heteroatoms. The van der Waals surface area contributed by atoms with Crippen molar-refractivity contribution in [1.29, 1.82) is 0 Å². The van der Waals surface area contributed by atoms with Crippen LogP contribution in [0.4, 0.5) is 5.69 Å². The van der Waals surface area contributed by atoms with Crippen molar-refractivity contribution < 1.29 is 23.4 Å². The van der Waals surface area contributed by atoms with E-state index >= 15 is 0 Å². The van der Waals surface area contributed by atoms with E-state index in [1.807, 2.05) is 0 Å². The molecule has 28 heavy (non-hydrogen) atoms. The van der Waals surface area contributed by atoms with E-state index in [4.69, 9.17) is 0 Å². The minimum atomic E-state index is -3.85. The smallest absolute Gasteiger partial charge is 0.261 e. The van der Waals surface area contributed by atoms with Crippen molar-refractivity contribution >= 4 is 27.6 Å². The molecule has 0 amide bonds. The first-order chi connectivity index (χ1) is 13.3. The van der Waals surface area contributed by atoms with Gasteiger partial charge in [0.1, 0.15) is 11.5 Å². The molecule has 0 fully saturated rings. The minimum Gasteiger partial charge on any atom is -0.508 e. The van der Waals surface area contributed by atoms with Gasteiger partial charge in [-0.1, -0.05) is 30.3 Å². The number of hydrogen-bond acceptors (Lipinski definition) is 5. The van der Waals surface area contributed by atoms with Gasteiger partial charge in [-0.3, -0.25) is 9.52 Å². The van der Waals surface area contributed by atoms with Crippen molar-refractivity contribution in [3.05, 3.63) is 90.0 Å². The molecule has 0 saturated heterocycles. The lowest BCUT2D eigenvalue weighted by Crippen LogP contribution is -2.13. The van der Waals surface area contributed by atoms with Crippen LogP contribution in [0.2, 0.25) is 0 Å². The van der Waals surface area contributed by atoms with Crippen LogP contribution in [0.3, 0.4) is 0 Å². The lowest BCUT2D eigenvalue weighted by atomic mass is 10.1. The second kappa shape index (κ2) is 7.98. The number of carbonyl (C=O) groups excluding carboxylic acids is 1. The Balaban J connectivity index is 1.78. The maximum atomic E-state index is 12.4. The first kappa shape index (κ1) is 19.2. The van der Waals surface area contributed by atoms with Gasteiger partial charge < -0.3 is 10.2 Å². The first-order valence-electron chi connectivity index (χ1n) is 8.27. The number of ketones is 1. The number of carbonyl (C=O) groups is 1. The van der Waals surface area contributed by atoms with Crippen molar-refractivity contribution in [2.24, 2.45) is 0 Å². The van der Waals surface area contributed by atoms with Crippen LogP contribution in [0.5, 0.6) is 11.5 Å². The summed E-state index contributed by atoms with van der Waals surface area (Å²) in [5.41, 5.74) is 1.21. The molecule has 3 aromatic carbocycles. The zero-order valence-electron chi connectivity index (χ0n) is 14.6. The van der Waals surface area contributed by atoms with Crippen LogP contribution in [-0.4, -0.2) is 24.4 Å². The summed E-state index contributed by atoms with van der Waals surface area (Å²) in [4.78, 5) is 12.4. The molecule has 0 aliphatic heterocycles. The molecule has 142 valence electrons. The molecule has 6 nitrogen and oxygen atoms in total. The summed E-state index contributed by atoms with van der Waals surface area (Å²) in [5.74, 6) is -0.251. The van der Waals surface area contributed by atoms with E-state index in [2.05, 4.69) is 4.72 Å². The number of sulfonamides is 1. The number of phenolic OH excluding ortho intramolecular Hbond substituents is 2. The third-order valence-corrected chi connectivity index (χ3v) is 5.24. The third kappa shape index (κ3) is 4.77. The van der Waals surface area contributed by atoms with E-state index in [1.54, 1.807) is 30.3 Å². The standard InChI is InChI=1S/C21H17NO5S/c23-18-8-10-20(11-9-18)28(26,27)22-17-5-2-4-16(14-17)21(25)12-7-15-3-1-6-19(24)13-15/h1-14,22-24H/b12-7+. The molecule has 3 aromatic rings. The van der Waals surface area contributed by atoms with Crippen molar-refractivity contribution in [1.82, 2.24) is 0 Å². The van der Waals surface area contributed by atoms with Gasteiger partial charge in [-0.05, 0) is 60.2 Å². The fraction of sp³-hybridized carbons (Fsp3) is 0. The molecule has 0 heterocycles. The molecule has 3 rings (SSSR count). The Morgan fingerprint density at radius 2 is 1.57 bits per heavy atom. The molecule has 3 N–H and O–H groups in total. The largest absolute Gasteiger partial charge is 0.508 e. The SMILES string of the molecule is O=C(/C=C/c1cccc(O)c1)c1cccc(NS(=O)(=O)c2ccc(O)cc2)c1. The maximum absolute atomic E-state index is 12.4. The number of benzene rings is 3. The van der Waals surface area contributed by atoms with E-state index in [9.17, 15) is 23.4 Å². The van der Waals surface area contributed by atoms with E-state index in [0.29, 0.717) is 11.1 Å². The quantitative estimate of drug-likeness (QED) is 0.435. The zero-order valence-corrected chi connectivity index (χ0v) is 15.4. The number of nitrogens with one attached hydrogen (secondary N) is 1. The average molecular weight is 395 g/mol. The molecule has 0 aliphatic carbocycles. The molecule has 0 aromatic heterocycles. The number of anilines is 1. The Kier molecular flexibility index (Phi) is 5.47. The summed E-state index contributed by atoms with van der Waals surface area (Å²) < 4.78 is 27.3. The first-order valence-corrected chi connectivity index (χ1v) is 9.75. The van der Waals surface area contributed by atoms with Gasteiger partial charge in [0, 0.05) is 11.3 Å². The van der Waals surface area contributed by atoms with Crippen LogP contribution >= 0.6 is 0 Å². The fourth-order valence-electron chi connectivity index (χ4n) is 2.47. The highest BCUT2D eigenvalue weighted by molar-refractivity contribution is 7.92. The molecule has 0 radical (unpaired) electrons. The predicted octanol–water partition coefficient (Wildman–Crippen LogP) is 3.79. The van der Waals surface area contributed by atoms with Gasteiger partial charge >= 0.3 is 0 Å². The average Bonchev–Trinajstić information content (AvgIpc) is 2.66. The van der Waals surface area contributed by atoms with E-state index in [-0.39, 0.29) is 27.9 Å². The van der Waals surface area contributed by atoms with Crippen molar-refractivity contribution in [3.63, 3.8) is 0 Å². The molecule has 0 bridgehead atoms. The van der Waals surface area contributed by atoms with Crippen LogP contribution in [0.15, 0.2) is 83.8 Å². The van der Waals surface area contributed by atoms with Crippen molar-refractivity contribution in [2.75, 3.05) is 4.72 Å². The monoisotopic (exact) mass is 395 g/mol. The maximum Gasteiger partial charge on any atom is 0.261 e. The Labute approximate surface area is 162 Å². The molecule has 0 spiro atoms. The van der Waals surface area contributed by atoms with E-state index < -0.39 is 10.0 Å². The lowest BCUT2D eigenvalue weighted by Gasteiger charge is -2.09. The fourth-order valence-corrected chi connectivity index (χ4v) is 3.52. The van der Waals surface area contributed by atoms with Gasteiger partial charge in [0.2, 0.25) is 0 Å². The van der Waals surface area contributed by atoms with Crippen LogP contribution in [0.1, 0.15) is 15.9 Å². The summed E-state index contributed by atoms with van der Waals surface area (Å²) in [7, 11) is -3.85. The van der Waals surface area contributed by atoms with E-state index in [0.717, 1.165) is 0 Å².